The van der Waals surface area contributed by atoms with Gasteiger partial charge in [-0.15, -0.1) is 11.8 Å². The van der Waals surface area contributed by atoms with Crippen LogP contribution >= 0.6 is 11.8 Å². The number of aryl methyl sites for hydroxylation is 1. The third-order valence-electron chi connectivity index (χ3n) is 3.41. The van der Waals surface area contributed by atoms with E-state index in [1.165, 1.54) is 16.7 Å². The quantitative estimate of drug-likeness (QED) is 0.770. The van der Waals surface area contributed by atoms with Crippen molar-refractivity contribution in [3.63, 3.8) is 0 Å². The fourth-order valence-electron chi connectivity index (χ4n) is 2.45. The number of carbonyl (C=O) groups is 1. The predicted molar refractivity (Wildman–Crippen MR) is 101 cm³/mol. The Morgan fingerprint density at radius 1 is 1.17 bits per heavy atom. The lowest BCUT2D eigenvalue weighted by Crippen LogP contribution is -2.16. The number of carbonyl (C=O) groups excluding carboxylic acids is 1. The van der Waals surface area contributed by atoms with Crippen LogP contribution in [0.25, 0.3) is 0 Å². The highest BCUT2D eigenvalue weighted by Crippen LogP contribution is 2.30. The lowest BCUT2D eigenvalue weighted by atomic mass is 10.0. The first-order valence-electron chi connectivity index (χ1n) is 8.25. The van der Waals surface area contributed by atoms with E-state index in [-0.39, 0.29) is 5.91 Å². The topological polar surface area (TPSA) is 54.9 Å². The molecule has 0 unspecified atom stereocenters. The number of hydrogen-bond acceptors (Lipinski definition) is 4. The minimum Gasteiger partial charge on any atom is -0.321 e. The molecule has 4 nitrogen and oxygen atoms in total. The van der Waals surface area contributed by atoms with Gasteiger partial charge >= 0.3 is 0 Å². The second-order valence-electron chi connectivity index (χ2n) is 6.53. The molecule has 1 N–H and O–H groups in total. The number of benzene rings is 1. The van der Waals surface area contributed by atoms with Crippen LogP contribution in [0.5, 0.6) is 0 Å². The lowest BCUT2D eigenvalue weighted by molar-refractivity contribution is 0.102. The van der Waals surface area contributed by atoms with E-state index in [0.717, 1.165) is 12.1 Å². The van der Waals surface area contributed by atoms with E-state index in [1.54, 1.807) is 13.1 Å². The zero-order chi connectivity index (χ0) is 17.7. The monoisotopic (exact) mass is 343 g/mol. The predicted octanol–water partition coefficient (Wildman–Crippen LogP) is 4.74. The van der Waals surface area contributed by atoms with Gasteiger partial charge in [0.15, 0.2) is 0 Å². The van der Waals surface area contributed by atoms with E-state index in [0.29, 0.717) is 22.6 Å². The molecule has 24 heavy (non-hydrogen) atoms. The van der Waals surface area contributed by atoms with Crippen molar-refractivity contribution in [1.82, 2.24) is 9.97 Å². The first kappa shape index (κ1) is 18.5. The van der Waals surface area contributed by atoms with Crippen molar-refractivity contribution >= 4 is 23.4 Å². The van der Waals surface area contributed by atoms with Gasteiger partial charge in [0.05, 0.1) is 5.69 Å². The summed E-state index contributed by atoms with van der Waals surface area (Å²) < 4.78 is 0. The molecular formula is C19H25N3OS. The molecule has 0 aliphatic rings. The first-order chi connectivity index (χ1) is 11.4. The maximum absolute atomic E-state index is 12.4. The minimum absolute atomic E-state index is 0.222. The van der Waals surface area contributed by atoms with Crippen LogP contribution < -0.4 is 5.32 Å². The summed E-state index contributed by atoms with van der Waals surface area (Å²) in [6.45, 7) is 10.6. The molecule has 0 spiro atoms. The first-order valence-corrected chi connectivity index (χ1v) is 9.13. The fraction of sp³-hybridized carbons (Fsp3) is 0.421. The normalized spacial score (nSPS) is 11.1. The molecule has 0 bridgehead atoms. The summed E-state index contributed by atoms with van der Waals surface area (Å²) in [5, 5.41) is 3.47. The van der Waals surface area contributed by atoms with Gasteiger partial charge in [0.2, 0.25) is 0 Å². The molecule has 0 fully saturated rings. The molecule has 0 saturated heterocycles. The van der Waals surface area contributed by atoms with E-state index in [1.807, 2.05) is 17.8 Å². The number of hydrogen-bond donors (Lipinski definition) is 1. The van der Waals surface area contributed by atoms with E-state index in [4.69, 9.17) is 0 Å². The Kier molecular flexibility index (Phi) is 6.37. The van der Waals surface area contributed by atoms with Gasteiger partial charge in [0, 0.05) is 28.2 Å². The summed E-state index contributed by atoms with van der Waals surface area (Å²) in [6, 6.07) is 6.13. The van der Waals surface area contributed by atoms with Crippen LogP contribution in [0.4, 0.5) is 5.69 Å². The Balaban J connectivity index is 2.24. The lowest BCUT2D eigenvalue weighted by Gasteiger charge is -2.15. The maximum Gasteiger partial charge on any atom is 0.276 e. The largest absolute Gasteiger partial charge is 0.321 e. The van der Waals surface area contributed by atoms with Gasteiger partial charge in [-0.3, -0.25) is 9.78 Å². The number of nitrogens with one attached hydrogen (secondary N) is 1. The van der Waals surface area contributed by atoms with Gasteiger partial charge in [-0.05, 0) is 43.0 Å². The molecule has 0 atom stereocenters. The summed E-state index contributed by atoms with van der Waals surface area (Å²) in [5.41, 5.74) is 3.07. The van der Waals surface area contributed by atoms with Crippen LogP contribution in [-0.4, -0.2) is 21.1 Å². The molecule has 0 aliphatic carbocycles. The Labute approximate surface area is 148 Å². The standard InChI is InChI=1S/C19H25N3OS/c1-12(2)10-15-11-16(6-7-17(15)24-13(3)4)22-19(23)18-14(5)20-8-9-21-18/h6-9,11-13H,10H2,1-5H3,(H,22,23). The van der Waals surface area contributed by atoms with Crippen molar-refractivity contribution in [3.8, 4) is 0 Å². The molecule has 1 aromatic carbocycles. The van der Waals surface area contributed by atoms with Crippen LogP contribution in [-0.2, 0) is 6.42 Å². The molecule has 2 rings (SSSR count). The summed E-state index contributed by atoms with van der Waals surface area (Å²) in [5.74, 6) is 0.338. The highest BCUT2D eigenvalue weighted by atomic mass is 32.2. The van der Waals surface area contributed by atoms with E-state index < -0.39 is 0 Å². The van der Waals surface area contributed by atoms with Crippen molar-refractivity contribution in [2.24, 2.45) is 5.92 Å². The Hall–Kier alpha value is -1.88. The second-order valence-corrected chi connectivity index (χ2v) is 8.15. The summed E-state index contributed by atoms with van der Waals surface area (Å²) in [6.07, 6.45) is 4.11. The van der Waals surface area contributed by atoms with E-state index in [2.05, 4.69) is 55.1 Å². The highest BCUT2D eigenvalue weighted by molar-refractivity contribution is 8.00. The van der Waals surface area contributed by atoms with Gasteiger partial charge in [0.25, 0.3) is 5.91 Å². The number of amides is 1. The van der Waals surface area contributed by atoms with E-state index >= 15 is 0 Å². The maximum atomic E-state index is 12.4. The van der Waals surface area contributed by atoms with Crippen LogP contribution in [0.3, 0.4) is 0 Å². The van der Waals surface area contributed by atoms with Crippen molar-refractivity contribution in [3.05, 3.63) is 47.5 Å². The molecule has 1 aromatic heterocycles. The number of nitrogens with zero attached hydrogens (tertiary/aromatic N) is 2. The molecule has 0 aliphatic heterocycles. The van der Waals surface area contributed by atoms with Crippen molar-refractivity contribution in [2.45, 2.75) is 51.2 Å². The second kappa shape index (κ2) is 8.29. The molecule has 0 radical (unpaired) electrons. The smallest absolute Gasteiger partial charge is 0.276 e. The summed E-state index contributed by atoms with van der Waals surface area (Å²) >= 11 is 1.86. The van der Waals surface area contributed by atoms with Crippen molar-refractivity contribution in [2.75, 3.05) is 5.32 Å². The van der Waals surface area contributed by atoms with Crippen LogP contribution in [0, 0.1) is 12.8 Å². The number of aromatic nitrogens is 2. The van der Waals surface area contributed by atoms with E-state index in [9.17, 15) is 4.79 Å². The van der Waals surface area contributed by atoms with Gasteiger partial charge in [-0.2, -0.15) is 0 Å². The third-order valence-corrected chi connectivity index (χ3v) is 4.53. The Morgan fingerprint density at radius 3 is 2.50 bits per heavy atom. The fourth-order valence-corrected chi connectivity index (χ4v) is 3.39. The van der Waals surface area contributed by atoms with Gasteiger partial charge in [0.1, 0.15) is 5.69 Å². The SMILES string of the molecule is Cc1nccnc1C(=O)Nc1ccc(SC(C)C)c(CC(C)C)c1. The molecular weight excluding hydrogens is 318 g/mol. The van der Waals surface area contributed by atoms with Gasteiger partial charge in [-0.25, -0.2) is 4.98 Å². The Bertz CT molecular complexity index is 714. The zero-order valence-corrected chi connectivity index (χ0v) is 15.8. The van der Waals surface area contributed by atoms with Gasteiger partial charge in [-0.1, -0.05) is 27.7 Å². The van der Waals surface area contributed by atoms with Crippen molar-refractivity contribution < 1.29 is 4.79 Å². The van der Waals surface area contributed by atoms with Crippen molar-refractivity contribution in [1.29, 1.82) is 0 Å². The highest BCUT2D eigenvalue weighted by Gasteiger charge is 2.13. The van der Waals surface area contributed by atoms with Crippen LogP contribution in [0.15, 0.2) is 35.5 Å². The van der Waals surface area contributed by atoms with Crippen LogP contribution in [0.1, 0.15) is 49.4 Å². The molecule has 0 saturated carbocycles. The number of thioether (sulfide) groups is 1. The third kappa shape index (κ3) is 5.06. The number of rotatable bonds is 6. The van der Waals surface area contributed by atoms with Gasteiger partial charge < -0.3 is 5.32 Å². The number of anilines is 1. The zero-order valence-electron chi connectivity index (χ0n) is 15.0. The summed E-state index contributed by atoms with van der Waals surface area (Å²) in [7, 11) is 0. The minimum atomic E-state index is -0.222. The molecule has 1 amide bonds. The summed E-state index contributed by atoms with van der Waals surface area (Å²) in [4.78, 5) is 21.9. The average molecular weight is 343 g/mol. The molecule has 5 heteroatoms. The molecule has 1 heterocycles. The van der Waals surface area contributed by atoms with Crippen LogP contribution in [0.2, 0.25) is 0 Å². The molecule has 128 valence electrons. The molecule has 2 aromatic rings. The Morgan fingerprint density at radius 2 is 1.88 bits per heavy atom. The average Bonchev–Trinajstić information content (AvgIpc) is 2.49.